The van der Waals surface area contributed by atoms with Crippen LogP contribution in [-0.4, -0.2) is 19.2 Å². The van der Waals surface area contributed by atoms with Crippen LogP contribution in [-0.2, 0) is 14.3 Å². The van der Waals surface area contributed by atoms with Crippen molar-refractivity contribution < 1.29 is 14.3 Å². The molecule has 0 spiro atoms. The molecule has 0 unspecified atom stereocenters. The third kappa shape index (κ3) is 5.11. The first-order valence-electron chi connectivity index (χ1n) is 7.31. The van der Waals surface area contributed by atoms with E-state index in [0.717, 1.165) is 43.6 Å². The highest BCUT2D eigenvalue weighted by Crippen LogP contribution is 2.25. The SMILES string of the molecule is CCCCCCC/C(C(=O)OCC)=C1/CCCO1. The summed E-state index contributed by atoms with van der Waals surface area (Å²) in [6.45, 7) is 5.23. The molecule has 0 radical (unpaired) electrons. The lowest BCUT2D eigenvalue weighted by Gasteiger charge is -2.10. The summed E-state index contributed by atoms with van der Waals surface area (Å²) in [5.74, 6) is 0.703. The maximum absolute atomic E-state index is 11.9. The minimum Gasteiger partial charge on any atom is -0.497 e. The van der Waals surface area contributed by atoms with E-state index in [1.54, 1.807) is 0 Å². The lowest BCUT2D eigenvalue weighted by Crippen LogP contribution is -2.10. The van der Waals surface area contributed by atoms with Gasteiger partial charge in [0.05, 0.1) is 18.8 Å². The molecule has 0 N–H and O–H groups in total. The van der Waals surface area contributed by atoms with E-state index in [0.29, 0.717) is 6.61 Å². The molecule has 1 heterocycles. The standard InChI is InChI=1S/C15H26O3/c1-3-5-6-7-8-10-13(15(16)17-4-2)14-11-9-12-18-14/h3-12H2,1-2H3/b14-13+. The summed E-state index contributed by atoms with van der Waals surface area (Å²) in [6.07, 6.45) is 8.74. The Morgan fingerprint density at radius 3 is 2.61 bits per heavy atom. The highest BCUT2D eigenvalue weighted by atomic mass is 16.5. The van der Waals surface area contributed by atoms with Gasteiger partial charge in [-0.15, -0.1) is 0 Å². The van der Waals surface area contributed by atoms with Gasteiger partial charge in [0.25, 0.3) is 0 Å². The van der Waals surface area contributed by atoms with E-state index in [-0.39, 0.29) is 5.97 Å². The second-order valence-corrected chi connectivity index (χ2v) is 4.74. The lowest BCUT2D eigenvalue weighted by molar-refractivity contribution is -0.139. The Kier molecular flexibility index (Phi) is 7.54. The van der Waals surface area contributed by atoms with E-state index >= 15 is 0 Å². The van der Waals surface area contributed by atoms with Gasteiger partial charge in [0.1, 0.15) is 5.76 Å². The van der Waals surface area contributed by atoms with Gasteiger partial charge in [0.2, 0.25) is 0 Å². The Morgan fingerprint density at radius 2 is 2.00 bits per heavy atom. The molecular weight excluding hydrogens is 228 g/mol. The van der Waals surface area contributed by atoms with Gasteiger partial charge in [0.15, 0.2) is 0 Å². The van der Waals surface area contributed by atoms with Crippen molar-refractivity contribution in [3.05, 3.63) is 11.3 Å². The smallest absolute Gasteiger partial charge is 0.337 e. The molecule has 0 aromatic carbocycles. The number of unbranched alkanes of at least 4 members (excludes halogenated alkanes) is 4. The topological polar surface area (TPSA) is 35.5 Å². The van der Waals surface area contributed by atoms with Crippen LogP contribution >= 0.6 is 0 Å². The average molecular weight is 254 g/mol. The molecule has 3 nitrogen and oxygen atoms in total. The van der Waals surface area contributed by atoms with Gasteiger partial charge in [0, 0.05) is 6.42 Å². The van der Waals surface area contributed by atoms with Crippen LogP contribution in [0.4, 0.5) is 0 Å². The van der Waals surface area contributed by atoms with Gasteiger partial charge in [-0.05, 0) is 26.2 Å². The molecule has 0 atom stereocenters. The van der Waals surface area contributed by atoms with Crippen LogP contribution in [0.2, 0.25) is 0 Å². The summed E-state index contributed by atoms with van der Waals surface area (Å²) in [7, 11) is 0. The van der Waals surface area contributed by atoms with Crippen molar-refractivity contribution >= 4 is 5.97 Å². The number of allylic oxidation sites excluding steroid dienone is 1. The summed E-state index contributed by atoms with van der Waals surface area (Å²) >= 11 is 0. The minimum absolute atomic E-state index is 0.176. The third-order valence-corrected chi connectivity index (χ3v) is 3.21. The Labute approximate surface area is 111 Å². The summed E-state index contributed by atoms with van der Waals surface area (Å²) in [4.78, 5) is 11.9. The van der Waals surface area contributed by atoms with Crippen LogP contribution in [0.15, 0.2) is 11.3 Å². The lowest BCUT2D eigenvalue weighted by atomic mass is 10.0. The molecule has 18 heavy (non-hydrogen) atoms. The fourth-order valence-corrected chi connectivity index (χ4v) is 2.22. The Morgan fingerprint density at radius 1 is 1.22 bits per heavy atom. The largest absolute Gasteiger partial charge is 0.497 e. The molecule has 1 aliphatic heterocycles. The van der Waals surface area contributed by atoms with Crippen molar-refractivity contribution in [2.75, 3.05) is 13.2 Å². The Bertz CT molecular complexity index is 273. The highest BCUT2D eigenvalue weighted by Gasteiger charge is 2.20. The second-order valence-electron chi connectivity index (χ2n) is 4.74. The zero-order chi connectivity index (χ0) is 13.2. The minimum atomic E-state index is -0.176. The maximum Gasteiger partial charge on any atom is 0.337 e. The number of esters is 1. The molecular formula is C15H26O3. The van der Waals surface area contributed by atoms with Crippen LogP contribution < -0.4 is 0 Å². The molecule has 104 valence electrons. The predicted molar refractivity (Wildman–Crippen MR) is 72.2 cm³/mol. The predicted octanol–water partition coefficient (Wildman–Crippen LogP) is 3.97. The number of ether oxygens (including phenoxy) is 2. The van der Waals surface area contributed by atoms with Gasteiger partial charge in [-0.2, -0.15) is 0 Å². The molecule has 0 aromatic heterocycles. The molecule has 1 fully saturated rings. The Hall–Kier alpha value is -0.990. The quantitative estimate of drug-likeness (QED) is 0.373. The number of carbonyl (C=O) groups is 1. The van der Waals surface area contributed by atoms with Gasteiger partial charge < -0.3 is 9.47 Å². The van der Waals surface area contributed by atoms with E-state index in [4.69, 9.17) is 9.47 Å². The summed E-state index contributed by atoms with van der Waals surface area (Å²) in [6, 6.07) is 0. The van der Waals surface area contributed by atoms with Gasteiger partial charge >= 0.3 is 5.97 Å². The van der Waals surface area contributed by atoms with E-state index in [1.807, 2.05) is 6.92 Å². The fraction of sp³-hybridized carbons (Fsp3) is 0.800. The third-order valence-electron chi connectivity index (χ3n) is 3.21. The van der Waals surface area contributed by atoms with Crippen LogP contribution in [0, 0.1) is 0 Å². The summed E-state index contributed by atoms with van der Waals surface area (Å²) < 4.78 is 10.7. The summed E-state index contributed by atoms with van der Waals surface area (Å²) in [5.41, 5.74) is 0.783. The fourth-order valence-electron chi connectivity index (χ4n) is 2.22. The van der Waals surface area contributed by atoms with Crippen LogP contribution in [0.1, 0.15) is 65.2 Å². The number of hydrogen-bond donors (Lipinski definition) is 0. The molecule has 0 aromatic rings. The average Bonchev–Trinajstić information content (AvgIpc) is 2.87. The van der Waals surface area contributed by atoms with Crippen molar-refractivity contribution in [1.82, 2.24) is 0 Å². The molecule has 1 aliphatic rings. The molecule has 3 heteroatoms. The van der Waals surface area contributed by atoms with E-state index in [2.05, 4.69) is 6.92 Å². The molecule has 0 amide bonds. The molecule has 1 rings (SSSR count). The van der Waals surface area contributed by atoms with E-state index in [9.17, 15) is 4.79 Å². The van der Waals surface area contributed by atoms with Crippen LogP contribution in [0.5, 0.6) is 0 Å². The van der Waals surface area contributed by atoms with Crippen molar-refractivity contribution in [2.24, 2.45) is 0 Å². The number of rotatable bonds is 8. The zero-order valence-electron chi connectivity index (χ0n) is 11.8. The zero-order valence-corrected chi connectivity index (χ0v) is 11.8. The number of hydrogen-bond acceptors (Lipinski definition) is 3. The van der Waals surface area contributed by atoms with Crippen molar-refractivity contribution in [3.63, 3.8) is 0 Å². The normalized spacial score (nSPS) is 17.4. The van der Waals surface area contributed by atoms with E-state index < -0.39 is 0 Å². The van der Waals surface area contributed by atoms with Gasteiger partial charge in [-0.3, -0.25) is 0 Å². The Balaban J connectivity index is 2.45. The van der Waals surface area contributed by atoms with Crippen molar-refractivity contribution in [2.45, 2.75) is 65.2 Å². The monoisotopic (exact) mass is 254 g/mol. The second kappa shape index (κ2) is 9.01. The first-order chi connectivity index (χ1) is 8.79. The first kappa shape index (κ1) is 15.1. The molecule has 0 bridgehead atoms. The van der Waals surface area contributed by atoms with Gasteiger partial charge in [-0.1, -0.05) is 32.6 Å². The summed E-state index contributed by atoms with van der Waals surface area (Å²) in [5, 5.41) is 0. The number of carbonyl (C=O) groups excluding carboxylic acids is 1. The highest BCUT2D eigenvalue weighted by molar-refractivity contribution is 5.89. The van der Waals surface area contributed by atoms with Crippen LogP contribution in [0.3, 0.4) is 0 Å². The molecule has 0 aliphatic carbocycles. The maximum atomic E-state index is 11.9. The van der Waals surface area contributed by atoms with Crippen molar-refractivity contribution in [1.29, 1.82) is 0 Å². The van der Waals surface area contributed by atoms with E-state index in [1.165, 1.54) is 25.7 Å². The first-order valence-corrected chi connectivity index (χ1v) is 7.31. The van der Waals surface area contributed by atoms with Crippen molar-refractivity contribution in [3.8, 4) is 0 Å². The molecule has 0 saturated carbocycles. The molecule has 1 saturated heterocycles. The van der Waals surface area contributed by atoms with Gasteiger partial charge in [-0.25, -0.2) is 4.79 Å². The van der Waals surface area contributed by atoms with Crippen LogP contribution in [0.25, 0.3) is 0 Å².